The number of phenols is 1. The zero-order chi connectivity index (χ0) is 15.4. The number of benzene rings is 2. The molecule has 0 spiro atoms. The van der Waals surface area contributed by atoms with E-state index in [0.29, 0.717) is 5.75 Å². The summed E-state index contributed by atoms with van der Waals surface area (Å²) in [6.45, 7) is 1.59. The Hall–Kier alpha value is -2.56. The number of para-hydroxylation sites is 1. The Labute approximate surface area is 122 Å². The van der Waals surface area contributed by atoms with Crippen molar-refractivity contribution in [1.29, 1.82) is 0 Å². The maximum Gasteiger partial charge on any atom is 0.267 e. The third kappa shape index (κ3) is 3.51. The van der Waals surface area contributed by atoms with E-state index in [1.54, 1.807) is 31.2 Å². The fourth-order valence-corrected chi connectivity index (χ4v) is 1.89. The molecule has 0 aliphatic heterocycles. The minimum absolute atomic E-state index is 0.116. The minimum atomic E-state index is -0.779. The molecule has 0 fully saturated rings. The molecule has 0 aliphatic carbocycles. The van der Waals surface area contributed by atoms with Crippen LogP contribution in [0.3, 0.4) is 0 Å². The summed E-state index contributed by atoms with van der Waals surface area (Å²) >= 11 is 0. The van der Waals surface area contributed by atoms with Gasteiger partial charge < -0.3 is 14.7 Å². The Morgan fingerprint density at radius 2 is 1.81 bits per heavy atom. The van der Waals surface area contributed by atoms with E-state index >= 15 is 0 Å². The molecule has 0 aromatic heterocycles. The average molecular weight is 289 g/mol. The van der Waals surface area contributed by atoms with Crippen molar-refractivity contribution in [1.82, 2.24) is 0 Å². The first-order chi connectivity index (χ1) is 9.99. The molecule has 1 amide bonds. The Morgan fingerprint density at radius 3 is 2.43 bits per heavy atom. The van der Waals surface area contributed by atoms with E-state index in [9.17, 15) is 14.3 Å². The summed E-state index contributed by atoms with van der Waals surface area (Å²) in [5.74, 6) is -0.265. The van der Waals surface area contributed by atoms with Crippen molar-refractivity contribution >= 4 is 11.6 Å². The number of halogens is 1. The number of anilines is 1. The fourth-order valence-electron chi connectivity index (χ4n) is 1.89. The number of ether oxygens (including phenoxy) is 1. The average Bonchev–Trinajstić information content (AvgIpc) is 2.48. The number of hydrogen-bond donors (Lipinski definition) is 1. The van der Waals surface area contributed by atoms with Crippen molar-refractivity contribution in [3.8, 4) is 11.5 Å². The van der Waals surface area contributed by atoms with Crippen molar-refractivity contribution in [3.63, 3.8) is 0 Å². The second kappa shape index (κ2) is 6.26. The fraction of sp³-hybridized carbons (Fsp3) is 0.188. The van der Waals surface area contributed by atoms with Crippen LogP contribution in [0.4, 0.5) is 10.1 Å². The van der Waals surface area contributed by atoms with Crippen LogP contribution in [-0.4, -0.2) is 24.2 Å². The molecule has 0 aliphatic rings. The van der Waals surface area contributed by atoms with Crippen molar-refractivity contribution in [3.05, 3.63) is 54.3 Å². The molecule has 2 aromatic carbocycles. The second-order valence-electron chi connectivity index (χ2n) is 4.60. The molecule has 1 N–H and O–H groups in total. The van der Waals surface area contributed by atoms with Crippen LogP contribution in [0.1, 0.15) is 6.92 Å². The zero-order valence-corrected chi connectivity index (χ0v) is 11.8. The van der Waals surface area contributed by atoms with Crippen molar-refractivity contribution in [2.24, 2.45) is 0 Å². The molecule has 21 heavy (non-hydrogen) atoms. The Bertz CT molecular complexity index is 628. The first kappa shape index (κ1) is 14.8. The smallest absolute Gasteiger partial charge is 0.267 e. The third-order valence-electron chi connectivity index (χ3n) is 3.04. The van der Waals surface area contributed by atoms with E-state index in [1.165, 1.54) is 36.2 Å². The highest BCUT2D eigenvalue weighted by molar-refractivity contribution is 5.96. The maximum absolute atomic E-state index is 13.7. The molecule has 0 unspecified atom stereocenters. The van der Waals surface area contributed by atoms with Gasteiger partial charge in [0.1, 0.15) is 17.3 Å². The Morgan fingerprint density at radius 1 is 1.19 bits per heavy atom. The van der Waals surface area contributed by atoms with Crippen LogP contribution in [-0.2, 0) is 4.79 Å². The number of amides is 1. The summed E-state index contributed by atoms with van der Waals surface area (Å²) in [6, 6.07) is 12.1. The van der Waals surface area contributed by atoms with Gasteiger partial charge >= 0.3 is 0 Å². The number of aromatic hydroxyl groups is 1. The summed E-state index contributed by atoms with van der Waals surface area (Å²) in [5.41, 5.74) is 0.198. The van der Waals surface area contributed by atoms with E-state index in [-0.39, 0.29) is 17.3 Å². The lowest BCUT2D eigenvalue weighted by Crippen LogP contribution is -2.38. The number of carbonyl (C=O) groups is 1. The summed E-state index contributed by atoms with van der Waals surface area (Å²) in [6.07, 6.45) is -0.779. The summed E-state index contributed by atoms with van der Waals surface area (Å²) in [7, 11) is 1.50. The predicted octanol–water partition coefficient (Wildman–Crippen LogP) is 2.96. The molecule has 2 rings (SSSR count). The van der Waals surface area contributed by atoms with E-state index in [4.69, 9.17) is 4.74 Å². The van der Waals surface area contributed by atoms with Gasteiger partial charge in [-0.2, -0.15) is 0 Å². The lowest BCUT2D eigenvalue weighted by atomic mass is 10.2. The number of likely N-dealkylation sites (N-methyl/N-ethyl adjacent to an activating group) is 1. The van der Waals surface area contributed by atoms with Gasteiger partial charge in [0, 0.05) is 7.05 Å². The summed E-state index contributed by atoms with van der Waals surface area (Å²) in [4.78, 5) is 13.5. The lowest BCUT2D eigenvalue weighted by Gasteiger charge is -2.22. The van der Waals surface area contributed by atoms with Crippen LogP contribution in [0, 0.1) is 5.82 Å². The molecule has 0 saturated carbocycles. The second-order valence-corrected chi connectivity index (χ2v) is 4.60. The van der Waals surface area contributed by atoms with E-state index in [1.807, 2.05) is 0 Å². The first-order valence-electron chi connectivity index (χ1n) is 6.47. The molecule has 0 radical (unpaired) electrons. The molecule has 4 nitrogen and oxygen atoms in total. The maximum atomic E-state index is 13.7. The van der Waals surface area contributed by atoms with Crippen LogP contribution in [0.2, 0.25) is 0 Å². The molecule has 110 valence electrons. The van der Waals surface area contributed by atoms with Gasteiger partial charge in [0.2, 0.25) is 0 Å². The van der Waals surface area contributed by atoms with Gasteiger partial charge in [0.25, 0.3) is 5.91 Å². The number of hydrogen-bond acceptors (Lipinski definition) is 3. The predicted molar refractivity (Wildman–Crippen MR) is 78.0 cm³/mol. The summed E-state index contributed by atoms with van der Waals surface area (Å²) in [5, 5.41) is 9.20. The number of phenolic OH excluding ortho intramolecular Hbond substituents is 1. The van der Waals surface area contributed by atoms with Crippen LogP contribution in [0.15, 0.2) is 48.5 Å². The van der Waals surface area contributed by atoms with Gasteiger partial charge in [-0.25, -0.2) is 4.39 Å². The Kier molecular flexibility index (Phi) is 4.42. The van der Waals surface area contributed by atoms with Gasteiger partial charge in [0.05, 0.1) is 5.69 Å². The van der Waals surface area contributed by atoms with Crippen molar-refractivity contribution in [2.45, 2.75) is 13.0 Å². The standard InChI is InChI=1S/C16H16FNO3/c1-11(21-13-9-7-12(19)8-10-13)16(20)18(2)15-6-4-3-5-14(15)17/h3-11,19H,1-2H3/t11-/m0/s1. The highest BCUT2D eigenvalue weighted by Crippen LogP contribution is 2.20. The van der Waals surface area contributed by atoms with Gasteiger partial charge in [-0.3, -0.25) is 4.79 Å². The van der Waals surface area contributed by atoms with Crippen LogP contribution >= 0.6 is 0 Å². The number of nitrogens with zero attached hydrogens (tertiary/aromatic N) is 1. The molecule has 2 aromatic rings. The molecular formula is C16H16FNO3. The largest absolute Gasteiger partial charge is 0.508 e. The van der Waals surface area contributed by atoms with Crippen molar-refractivity contribution < 1.29 is 19.0 Å². The number of rotatable bonds is 4. The van der Waals surface area contributed by atoms with E-state index < -0.39 is 11.9 Å². The van der Waals surface area contributed by atoms with Crippen molar-refractivity contribution in [2.75, 3.05) is 11.9 Å². The van der Waals surface area contributed by atoms with E-state index in [0.717, 1.165) is 0 Å². The summed E-state index contributed by atoms with van der Waals surface area (Å²) < 4.78 is 19.2. The Balaban J connectivity index is 2.08. The van der Waals surface area contributed by atoms with Gasteiger partial charge in [-0.15, -0.1) is 0 Å². The van der Waals surface area contributed by atoms with Crippen LogP contribution in [0.25, 0.3) is 0 Å². The molecule has 0 heterocycles. The minimum Gasteiger partial charge on any atom is -0.508 e. The quantitative estimate of drug-likeness (QED) is 0.941. The highest BCUT2D eigenvalue weighted by Gasteiger charge is 2.22. The van der Waals surface area contributed by atoms with Crippen LogP contribution in [0.5, 0.6) is 11.5 Å². The van der Waals surface area contributed by atoms with Gasteiger partial charge in [0.15, 0.2) is 6.10 Å². The van der Waals surface area contributed by atoms with Gasteiger partial charge in [-0.05, 0) is 43.3 Å². The van der Waals surface area contributed by atoms with E-state index in [2.05, 4.69) is 0 Å². The van der Waals surface area contributed by atoms with Gasteiger partial charge in [-0.1, -0.05) is 12.1 Å². The normalized spacial score (nSPS) is 11.8. The molecule has 0 saturated heterocycles. The molecular weight excluding hydrogens is 273 g/mol. The first-order valence-corrected chi connectivity index (χ1v) is 6.47. The molecule has 5 heteroatoms. The molecule has 1 atom stereocenters. The molecule has 0 bridgehead atoms. The third-order valence-corrected chi connectivity index (χ3v) is 3.04. The zero-order valence-electron chi connectivity index (χ0n) is 11.8. The highest BCUT2D eigenvalue weighted by atomic mass is 19.1. The topological polar surface area (TPSA) is 49.8 Å². The van der Waals surface area contributed by atoms with Crippen LogP contribution < -0.4 is 9.64 Å². The number of carbonyl (C=O) groups excluding carboxylic acids is 1. The SMILES string of the molecule is C[C@H](Oc1ccc(O)cc1)C(=O)N(C)c1ccccc1F. The lowest BCUT2D eigenvalue weighted by molar-refractivity contribution is -0.124. The monoisotopic (exact) mass is 289 g/mol.